The fourth-order valence-electron chi connectivity index (χ4n) is 2.51. The molecule has 2 N–H and O–H groups in total. The van der Waals surface area contributed by atoms with Crippen LogP contribution in [0.1, 0.15) is 54.7 Å². The summed E-state index contributed by atoms with van der Waals surface area (Å²) in [6.07, 6.45) is 5.29. The molecule has 1 aromatic heterocycles. The van der Waals surface area contributed by atoms with Crippen molar-refractivity contribution < 1.29 is 5.11 Å². The number of nitrogens with one attached hydrogen (secondary N) is 1. The van der Waals surface area contributed by atoms with Gasteiger partial charge in [0.2, 0.25) is 0 Å². The molecule has 2 rings (SSSR count). The highest BCUT2D eigenvalue weighted by molar-refractivity contribution is 7.11. The number of nitrogens with zero attached hydrogens (tertiary/aromatic N) is 1. The summed E-state index contributed by atoms with van der Waals surface area (Å²) in [7, 11) is 0. The molecule has 19 heavy (non-hydrogen) atoms. The monoisotopic (exact) mass is 280 g/mol. The Morgan fingerprint density at radius 3 is 2.68 bits per heavy atom. The van der Waals surface area contributed by atoms with E-state index in [1.54, 1.807) is 0 Å². The number of rotatable bonds is 5. The first-order chi connectivity index (χ1) is 9.01. The predicted molar refractivity (Wildman–Crippen MR) is 80.6 cm³/mol. The van der Waals surface area contributed by atoms with Crippen LogP contribution in [0.4, 0.5) is 0 Å². The van der Waals surface area contributed by atoms with Crippen LogP contribution in [0.2, 0.25) is 0 Å². The van der Waals surface area contributed by atoms with Gasteiger partial charge in [-0.1, -0.05) is 26.0 Å². The van der Waals surface area contributed by atoms with Crippen molar-refractivity contribution in [3.8, 4) is 0 Å². The molecule has 1 aliphatic rings. The van der Waals surface area contributed by atoms with E-state index < -0.39 is 0 Å². The highest BCUT2D eigenvalue weighted by atomic mass is 32.1. The van der Waals surface area contributed by atoms with Crippen LogP contribution >= 0.6 is 11.3 Å². The Kier molecular flexibility index (Phi) is 4.76. The third-order valence-electron chi connectivity index (χ3n) is 3.61. The fourth-order valence-corrected chi connectivity index (χ4v) is 3.59. The van der Waals surface area contributed by atoms with Gasteiger partial charge < -0.3 is 10.4 Å². The molecule has 3 nitrogen and oxygen atoms in total. The molecule has 0 spiro atoms. The molecule has 0 fully saturated rings. The highest BCUT2D eigenvalue weighted by Gasteiger charge is 2.22. The molecule has 1 aliphatic carbocycles. The molecule has 1 unspecified atom stereocenters. The topological polar surface area (TPSA) is 45.2 Å². The van der Waals surface area contributed by atoms with Crippen molar-refractivity contribution in [3.63, 3.8) is 0 Å². The summed E-state index contributed by atoms with van der Waals surface area (Å²) in [5.74, 6) is 0.813. The largest absolute Gasteiger partial charge is 0.396 e. The third kappa shape index (κ3) is 3.44. The van der Waals surface area contributed by atoms with E-state index in [1.165, 1.54) is 9.88 Å². The molecular weight excluding hydrogens is 256 g/mol. The number of hydrogen-bond donors (Lipinski definition) is 2. The zero-order valence-electron chi connectivity index (χ0n) is 12.2. The minimum Gasteiger partial charge on any atom is -0.396 e. The van der Waals surface area contributed by atoms with Gasteiger partial charge in [0.15, 0.2) is 0 Å². The second kappa shape index (κ2) is 6.16. The molecule has 0 aromatic carbocycles. The zero-order chi connectivity index (χ0) is 14.0. The van der Waals surface area contributed by atoms with Gasteiger partial charge in [-0.25, -0.2) is 4.98 Å². The second-order valence-electron chi connectivity index (χ2n) is 5.71. The minimum absolute atomic E-state index is 0.250. The van der Waals surface area contributed by atoms with Crippen LogP contribution in [0.25, 0.3) is 0 Å². The Hall–Kier alpha value is -0.710. The van der Waals surface area contributed by atoms with Crippen molar-refractivity contribution in [2.45, 2.75) is 52.1 Å². The number of hydrogen-bond acceptors (Lipinski definition) is 4. The van der Waals surface area contributed by atoms with E-state index in [2.05, 4.69) is 50.1 Å². The lowest BCUT2D eigenvalue weighted by atomic mass is 10.1. The summed E-state index contributed by atoms with van der Waals surface area (Å²) < 4.78 is 0. The number of thiazole rings is 1. The maximum atomic E-state index is 9.16. The molecule has 0 saturated heterocycles. The standard InChI is InChI=1S/C15H24N2OS/c1-9(2)15-17-11(4)14(19-15)10(3)16-13-6-5-12(7-13)8-18/h5-6,9-10,12-13,16,18H,7-8H2,1-4H3/t10?,12-,13+/m0/s1. The molecule has 0 amide bonds. The summed E-state index contributed by atoms with van der Waals surface area (Å²) in [6.45, 7) is 8.92. The third-order valence-corrected chi connectivity index (χ3v) is 5.25. The van der Waals surface area contributed by atoms with Gasteiger partial charge in [0.05, 0.1) is 10.7 Å². The van der Waals surface area contributed by atoms with Crippen LogP contribution in [0.15, 0.2) is 12.2 Å². The Labute approximate surface area is 119 Å². The molecule has 0 radical (unpaired) electrons. The maximum Gasteiger partial charge on any atom is 0.0956 e. The number of aromatic nitrogens is 1. The van der Waals surface area contributed by atoms with Crippen molar-refractivity contribution in [1.29, 1.82) is 0 Å². The first-order valence-electron chi connectivity index (χ1n) is 7.03. The van der Waals surface area contributed by atoms with Gasteiger partial charge in [-0.3, -0.25) is 0 Å². The Bertz CT molecular complexity index is 453. The summed E-state index contributed by atoms with van der Waals surface area (Å²) >= 11 is 1.82. The molecule has 4 heteroatoms. The molecule has 106 valence electrons. The van der Waals surface area contributed by atoms with E-state index in [0.29, 0.717) is 23.9 Å². The summed E-state index contributed by atoms with van der Waals surface area (Å²) in [4.78, 5) is 5.99. The first kappa shape index (κ1) is 14.7. The molecule has 0 bridgehead atoms. The zero-order valence-corrected chi connectivity index (χ0v) is 13.0. The van der Waals surface area contributed by atoms with Gasteiger partial charge in [-0.15, -0.1) is 11.3 Å². The number of aliphatic hydroxyl groups is 1. The number of aryl methyl sites for hydroxylation is 1. The van der Waals surface area contributed by atoms with Gasteiger partial charge in [0.1, 0.15) is 0 Å². The Morgan fingerprint density at radius 2 is 2.16 bits per heavy atom. The average molecular weight is 280 g/mol. The van der Waals surface area contributed by atoms with Crippen molar-refractivity contribution in [3.05, 3.63) is 27.7 Å². The normalized spacial score (nSPS) is 24.3. The summed E-state index contributed by atoms with van der Waals surface area (Å²) in [5.41, 5.74) is 1.15. The van der Waals surface area contributed by atoms with Crippen molar-refractivity contribution in [2.75, 3.05) is 6.61 Å². The molecule has 1 heterocycles. The Morgan fingerprint density at radius 1 is 1.42 bits per heavy atom. The van der Waals surface area contributed by atoms with Crippen LogP contribution in [0, 0.1) is 12.8 Å². The highest BCUT2D eigenvalue weighted by Crippen LogP contribution is 2.30. The van der Waals surface area contributed by atoms with Crippen LogP contribution < -0.4 is 5.32 Å². The van der Waals surface area contributed by atoms with Gasteiger partial charge >= 0.3 is 0 Å². The fraction of sp³-hybridized carbons (Fsp3) is 0.667. The number of aliphatic hydroxyl groups excluding tert-OH is 1. The van der Waals surface area contributed by atoms with Crippen LogP contribution in [0.3, 0.4) is 0 Å². The van der Waals surface area contributed by atoms with Crippen molar-refractivity contribution in [1.82, 2.24) is 10.3 Å². The Balaban J connectivity index is 2.00. The van der Waals surface area contributed by atoms with E-state index in [-0.39, 0.29) is 6.61 Å². The molecule has 0 aliphatic heterocycles. The van der Waals surface area contributed by atoms with Gasteiger partial charge in [-0.05, 0) is 20.3 Å². The van der Waals surface area contributed by atoms with E-state index in [9.17, 15) is 0 Å². The van der Waals surface area contributed by atoms with Gasteiger partial charge in [-0.2, -0.15) is 0 Å². The molecule has 3 atom stereocenters. The van der Waals surface area contributed by atoms with Crippen LogP contribution in [-0.4, -0.2) is 22.7 Å². The predicted octanol–water partition coefficient (Wildman–Crippen LogP) is 3.16. The average Bonchev–Trinajstić information content (AvgIpc) is 2.95. The van der Waals surface area contributed by atoms with Crippen LogP contribution in [0.5, 0.6) is 0 Å². The van der Waals surface area contributed by atoms with E-state index in [0.717, 1.165) is 12.1 Å². The molecule has 1 aromatic rings. The lowest BCUT2D eigenvalue weighted by Gasteiger charge is -2.18. The van der Waals surface area contributed by atoms with E-state index >= 15 is 0 Å². The van der Waals surface area contributed by atoms with E-state index in [1.807, 2.05) is 11.3 Å². The van der Waals surface area contributed by atoms with Crippen LogP contribution in [-0.2, 0) is 0 Å². The lowest BCUT2D eigenvalue weighted by molar-refractivity contribution is 0.245. The van der Waals surface area contributed by atoms with Gasteiger partial charge in [0.25, 0.3) is 0 Å². The minimum atomic E-state index is 0.250. The molecule has 0 saturated carbocycles. The summed E-state index contributed by atoms with van der Waals surface area (Å²) in [5, 5.41) is 14.0. The quantitative estimate of drug-likeness (QED) is 0.814. The van der Waals surface area contributed by atoms with E-state index in [4.69, 9.17) is 5.11 Å². The molecular formula is C15H24N2OS. The van der Waals surface area contributed by atoms with Crippen molar-refractivity contribution in [2.24, 2.45) is 5.92 Å². The smallest absolute Gasteiger partial charge is 0.0956 e. The second-order valence-corrected chi connectivity index (χ2v) is 6.78. The van der Waals surface area contributed by atoms with Gasteiger partial charge in [0, 0.05) is 35.4 Å². The SMILES string of the molecule is Cc1nc(C(C)C)sc1C(C)N[C@@H]1C=C[C@H](CO)C1. The van der Waals surface area contributed by atoms with Crippen molar-refractivity contribution >= 4 is 11.3 Å². The summed E-state index contributed by atoms with van der Waals surface area (Å²) in [6, 6.07) is 0.688. The lowest BCUT2D eigenvalue weighted by Crippen LogP contribution is -2.29. The first-order valence-corrected chi connectivity index (χ1v) is 7.85. The maximum absolute atomic E-state index is 9.16.